The highest BCUT2D eigenvalue weighted by Gasteiger charge is 2.60. The fourth-order valence-corrected chi connectivity index (χ4v) is 9.04. The van der Waals surface area contributed by atoms with E-state index in [0.29, 0.717) is 23.2 Å². The predicted molar refractivity (Wildman–Crippen MR) is 126 cm³/mol. The van der Waals surface area contributed by atoms with Crippen molar-refractivity contribution in [2.45, 2.75) is 84.6 Å². The number of Topliss-reactive ketones (excluding diaryl/α,β-unsaturated/α-hetero) is 1. The number of para-hydroxylation sites is 2. The summed E-state index contributed by atoms with van der Waals surface area (Å²) in [5.41, 5.74) is 1.90. The maximum Gasteiger partial charge on any atom is 0.141 e. The van der Waals surface area contributed by atoms with Crippen LogP contribution in [0.15, 0.2) is 24.3 Å². The van der Waals surface area contributed by atoms with E-state index in [2.05, 4.69) is 37.4 Å². The molecule has 0 aliphatic heterocycles. The lowest BCUT2D eigenvalue weighted by atomic mass is 9.44. The zero-order chi connectivity index (χ0) is 21.8. The van der Waals surface area contributed by atoms with Crippen molar-refractivity contribution in [1.82, 2.24) is 0 Å². The van der Waals surface area contributed by atoms with Gasteiger partial charge < -0.3 is 10.1 Å². The van der Waals surface area contributed by atoms with Gasteiger partial charge in [0, 0.05) is 12.0 Å². The van der Waals surface area contributed by atoms with Crippen LogP contribution in [0.5, 0.6) is 5.75 Å². The van der Waals surface area contributed by atoms with Gasteiger partial charge >= 0.3 is 0 Å². The monoisotopic (exact) mass is 423 g/mol. The van der Waals surface area contributed by atoms with E-state index in [1.165, 1.54) is 51.4 Å². The lowest BCUT2D eigenvalue weighted by Gasteiger charge is -2.61. The Bertz CT molecular complexity index is 836. The first-order chi connectivity index (χ1) is 14.9. The topological polar surface area (TPSA) is 38.3 Å². The molecule has 8 atom stereocenters. The minimum atomic E-state index is 0.277. The quantitative estimate of drug-likeness (QED) is 0.584. The van der Waals surface area contributed by atoms with Crippen molar-refractivity contribution in [3.8, 4) is 5.75 Å². The lowest BCUT2D eigenvalue weighted by molar-refractivity contribution is -0.133. The molecule has 4 unspecified atom stereocenters. The first-order valence-electron chi connectivity index (χ1n) is 12.8. The van der Waals surface area contributed by atoms with Crippen LogP contribution in [-0.2, 0) is 4.79 Å². The lowest BCUT2D eigenvalue weighted by Crippen LogP contribution is -2.54. The van der Waals surface area contributed by atoms with Crippen molar-refractivity contribution in [2.24, 2.45) is 40.4 Å². The van der Waals surface area contributed by atoms with Crippen molar-refractivity contribution >= 4 is 11.5 Å². The van der Waals surface area contributed by atoms with Crippen molar-refractivity contribution in [3.05, 3.63) is 24.3 Å². The first kappa shape index (κ1) is 21.3. The van der Waals surface area contributed by atoms with E-state index in [9.17, 15) is 4.79 Å². The van der Waals surface area contributed by atoms with Gasteiger partial charge in [-0.25, -0.2) is 0 Å². The number of ether oxygens (including phenoxy) is 1. The summed E-state index contributed by atoms with van der Waals surface area (Å²) in [6.07, 6.45) is 11.7. The Morgan fingerprint density at radius 2 is 1.71 bits per heavy atom. The van der Waals surface area contributed by atoms with Gasteiger partial charge in [0.1, 0.15) is 11.5 Å². The van der Waals surface area contributed by atoms with Crippen LogP contribution in [0.3, 0.4) is 0 Å². The van der Waals surface area contributed by atoms with Gasteiger partial charge in [0.05, 0.1) is 12.8 Å². The second kappa shape index (κ2) is 7.81. The summed E-state index contributed by atoms with van der Waals surface area (Å²) >= 11 is 0. The molecule has 3 heteroatoms. The Morgan fingerprint density at radius 3 is 2.48 bits per heavy atom. The standard InChI is InChI=1S/C28H41NO2/c1-18(30)22-11-12-23-21-10-9-19-17-20(29-25-7-5-6-8-26(25)31-4)13-15-27(19,2)24(21)14-16-28(22,23)3/h5-8,19-24,29H,9-17H2,1-4H3/t19?,20-,21?,22-,23?,24?,27+,28-/m1/s1. The van der Waals surface area contributed by atoms with E-state index in [1.54, 1.807) is 7.11 Å². The van der Waals surface area contributed by atoms with Gasteiger partial charge in [-0.15, -0.1) is 0 Å². The molecule has 31 heavy (non-hydrogen) atoms. The SMILES string of the molecule is COc1ccccc1N[C@@H]1CC[C@@]2(C)C(CCC3C2CC[C@@]2(C)C3CC[C@@H]2C(C)=O)C1. The molecule has 0 bridgehead atoms. The van der Waals surface area contributed by atoms with E-state index in [-0.39, 0.29) is 5.41 Å². The normalized spacial score (nSPS) is 44.0. The van der Waals surface area contributed by atoms with Gasteiger partial charge in [-0.1, -0.05) is 26.0 Å². The van der Waals surface area contributed by atoms with Crippen molar-refractivity contribution in [1.29, 1.82) is 0 Å². The van der Waals surface area contributed by atoms with Crippen LogP contribution in [-0.4, -0.2) is 18.9 Å². The molecule has 0 aromatic heterocycles. The van der Waals surface area contributed by atoms with E-state index >= 15 is 0 Å². The Labute approximate surface area is 188 Å². The zero-order valence-corrected chi connectivity index (χ0v) is 20.0. The van der Waals surface area contributed by atoms with Crippen LogP contribution in [0.25, 0.3) is 0 Å². The van der Waals surface area contributed by atoms with E-state index in [4.69, 9.17) is 4.74 Å². The molecule has 4 aliphatic rings. The van der Waals surface area contributed by atoms with Gasteiger partial charge in [-0.2, -0.15) is 0 Å². The maximum absolute atomic E-state index is 12.4. The molecule has 1 aromatic rings. The summed E-state index contributed by atoms with van der Waals surface area (Å²) < 4.78 is 5.57. The zero-order valence-electron chi connectivity index (χ0n) is 20.0. The largest absolute Gasteiger partial charge is 0.495 e. The molecule has 0 spiro atoms. The van der Waals surface area contributed by atoms with Gasteiger partial charge in [0.2, 0.25) is 0 Å². The van der Waals surface area contributed by atoms with E-state index in [0.717, 1.165) is 41.5 Å². The van der Waals surface area contributed by atoms with E-state index in [1.807, 2.05) is 13.0 Å². The number of hydrogen-bond donors (Lipinski definition) is 1. The summed E-state index contributed by atoms with van der Waals surface area (Å²) in [5.74, 6) is 5.04. The number of hydrogen-bond acceptors (Lipinski definition) is 3. The molecular formula is C28H41NO2. The summed E-state index contributed by atoms with van der Waals surface area (Å²) in [5, 5.41) is 3.82. The molecule has 3 nitrogen and oxygen atoms in total. The number of methoxy groups -OCH3 is 1. The summed E-state index contributed by atoms with van der Waals surface area (Å²) in [4.78, 5) is 12.4. The third kappa shape index (κ3) is 3.33. The number of carbonyl (C=O) groups is 1. The second-order valence-corrected chi connectivity index (χ2v) is 11.8. The highest BCUT2D eigenvalue weighted by molar-refractivity contribution is 5.79. The number of benzene rings is 1. The molecule has 1 aromatic carbocycles. The minimum absolute atomic E-state index is 0.277. The number of nitrogens with one attached hydrogen (secondary N) is 1. The average Bonchev–Trinajstić information content (AvgIpc) is 3.12. The number of carbonyl (C=O) groups excluding carboxylic acids is 1. The molecule has 4 fully saturated rings. The number of ketones is 1. The van der Waals surface area contributed by atoms with Crippen LogP contribution in [0, 0.1) is 40.4 Å². The molecule has 0 heterocycles. The predicted octanol–water partition coefficient (Wildman–Crippen LogP) is 6.72. The van der Waals surface area contributed by atoms with Crippen LogP contribution < -0.4 is 10.1 Å². The molecule has 4 saturated carbocycles. The van der Waals surface area contributed by atoms with Crippen LogP contribution in [0.2, 0.25) is 0 Å². The van der Waals surface area contributed by atoms with Crippen molar-refractivity contribution < 1.29 is 9.53 Å². The van der Waals surface area contributed by atoms with E-state index < -0.39 is 0 Å². The summed E-state index contributed by atoms with van der Waals surface area (Å²) in [6.45, 7) is 6.95. The number of anilines is 1. The number of fused-ring (bicyclic) bond motifs is 5. The summed E-state index contributed by atoms with van der Waals surface area (Å²) in [6, 6.07) is 8.89. The van der Waals surface area contributed by atoms with Gasteiger partial charge in [0.25, 0.3) is 0 Å². The molecule has 1 N–H and O–H groups in total. The highest BCUT2D eigenvalue weighted by Crippen LogP contribution is 2.67. The fraction of sp³-hybridized carbons (Fsp3) is 0.750. The second-order valence-electron chi connectivity index (χ2n) is 11.8. The maximum atomic E-state index is 12.4. The van der Waals surface area contributed by atoms with Crippen LogP contribution in [0.4, 0.5) is 5.69 Å². The molecule has 170 valence electrons. The van der Waals surface area contributed by atoms with Crippen LogP contribution in [0.1, 0.15) is 78.6 Å². The Balaban J connectivity index is 1.31. The third-order valence-electron chi connectivity index (χ3n) is 10.6. The Hall–Kier alpha value is -1.51. The Morgan fingerprint density at radius 1 is 0.968 bits per heavy atom. The molecule has 0 radical (unpaired) electrons. The van der Waals surface area contributed by atoms with Crippen LogP contribution >= 0.6 is 0 Å². The van der Waals surface area contributed by atoms with Crippen molar-refractivity contribution in [3.63, 3.8) is 0 Å². The average molecular weight is 424 g/mol. The minimum Gasteiger partial charge on any atom is -0.495 e. The summed E-state index contributed by atoms with van der Waals surface area (Å²) in [7, 11) is 1.76. The molecule has 0 saturated heterocycles. The highest BCUT2D eigenvalue weighted by atomic mass is 16.5. The van der Waals surface area contributed by atoms with Crippen molar-refractivity contribution in [2.75, 3.05) is 12.4 Å². The van der Waals surface area contributed by atoms with Gasteiger partial charge in [-0.05, 0) is 111 Å². The smallest absolute Gasteiger partial charge is 0.141 e. The Kier molecular flexibility index (Phi) is 5.38. The number of rotatable bonds is 4. The van der Waals surface area contributed by atoms with Gasteiger partial charge in [0.15, 0.2) is 0 Å². The first-order valence-corrected chi connectivity index (χ1v) is 12.8. The molecule has 4 aliphatic carbocycles. The molecule has 5 rings (SSSR count). The fourth-order valence-electron chi connectivity index (χ4n) is 9.04. The third-order valence-corrected chi connectivity index (χ3v) is 10.6. The van der Waals surface area contributed by atoms with Gasteiger partial charge in [-0.3, -0.25) is 4.79 Å². The molecular weight excluding hydrogens is 382 g/mol. The molecule has 0 amide bonds.